The van der Waals surface area contributed by atoms with Gasteiger partial charge in [0.2, 0.25) is 0 Å². The van der Waals surface area contributed by atoms with Crippen LogP contribution in [0.5, 0.6) is 0 Å². The maximum absolute atomic E-state index is 4.25. The van der Waals surface area contributed by atoms with Gasteiger partial charge in [-0.3, -0.25) is 4.98 Å². The summed E-state index contributed by atoms with van der Waals surface area (Å²) >= 11 is 1.67. The van der Waals surface area contributed by atoms with Crippen LogP contribution in [-0.4, -0.2) is 9.97 Å². The van der Waals surface area contributed by atoms with Gasteiger partial charge in [-0.05, 0) is 25.5 Å². The van der Waals surface area contributed by atoms with Gasteiger partial charge in [-0.15, -0.1) is 11.3 Å². The zero-order chi connectivity index (χ0) is 10.7. The van der Waals surface area contributed by atoms with Gasteiger partial charge < -0.3 is 5.32 Å². The molecule has 0 aromatic carbocycles. The average molecular weight is 219 g/mol. The summed E-state index contributed by atoms with van der Waals surface area (Å²) in [6.45, 7) is 4.86. The van der Waals surface area contributed by atoms with Gasteiger partial charge in [0, 0.05) is 29.5 Å². The highest BCUT2D eigenvalue weighted by atomic mass is 32.1. The molecule has 0 aliphatic rings. The predicted octanol–water partition coefficient (Wildman–Crippen LogP) is 2.77. The maximum atomic E-state index is 4.25. The van der Waals surface area contributed by atoms with Gasteiger partial charge in [-0.2, -0.15) is 0 Å². The van der Waals surface area contributed by atoms with Crippen molar-refractivity contribution in [3.63, 3.8) is 0 Å². The lowest BCUT2D eigenvalue weighted by Gasteiger charge is -2.04. The minimum atomic E-state index is 0.784. The van der Waals surface area contributed by atoms with E-state index in [9.17, 15) is 0 Å². The van der Waals surface area contributed by atoms with Crippen LogP contribution in [0.4, 0.5) is 5.13 Å². The highest BCUT2D eigenvalue weighted by Gasteiger charge is 2.00. The van der Waals surface area contributed by atoms with E-state index in [4.69, 9.17) is 0 Å². The van der Waals surface area contributed by atoms with Crippen LogP contribution in [-0.2, 0) is 6.54 Å². The molecule has 0 saturated carbocycles. The molecule has 0 saturated heterocycles. The molecule has 2 aromatic heterocycles. The molecular weight excluding hydrogens is 206 g/mol. The van der Waals surface area contributed by atoms with Gasteiger partial charge in [-0.25, -0.2) is 4.98 Å². The number of aryl methyl sites for hydroxylation is 2. The van der Waals surface area contributed by atoms with E-state index >= 15 is 0 Å². The second kappa shape index (κ2) is 4.40. The third-order valence-corrected chi connectivity index (χ3v) is 3.04. The fourth-order valence-corrected chi connectivity index (χ4v) is 1.97. The smallest absolute Gasteiger partial charge is 0.183 e. The highest BCUT2D eigenvalue weighted by Crippen LogP contribution is 2.17. The van der Waals surface area contributed by atoms with Gasteiger partial charge in [0.25, 0.3) is 0 Å². The Morgan fingerprint density at radius 1 is 1.33 bits per heavy atom. The minimum Gasteiger partial charge on any atom is -0.357 e. The van der Waals surface area contributed by atoms with E-state index < -0.39 is 0 Å². The van der Waals surface area contributed by atoms with Crippen LogP contribution in [0.2, 0.25) is 0 Å². The molecule has 0 fully saturated rings. The molecule has 2 heterocycles. The van der Waals surface area contributed by atoms with Crippen molar-refractivity contribution in [2.45, 2.75) is 20.4 Å². The van der Waals surface area contributed by atoms with Gasteiger partial charge in [-0.1, -0.05) is 6.07 Å². The third kappa shape index (κ3) is 2.53. The van der Waals surface area contributed by atoms with Crippen molar-refractivity contribution in [2.24, 2.45) is 0 Å². The summed E-state index contributed by atoms with van der Waals surface area (Å²) in [5.74, 6) is 0. The quantitative estimate of drug-likeness (QED) is 0.862. The molecular formula is C11H13N3S. The normalized spacial score (nSPS) is 10.3. The summed E-state index contributed by atoms with van der Waals surface area (Å²) in [5.41, 5.74) is 2.28. The lowest BCUT2D eigenvalue weighted by molar-refractivity contribution is 1.05. The molecule has 0 atom stereocenters. The van der Waals surface area contributed by atoms with Gasteiger partial charge >= 0.3 is 0 Å². The summed E-state index contributed by atoms with van der Waals surface area (Å²) in [6.07, 6.45) is 3.69. The molecule has 15 heavy (non-hydrogen) atoms. The van der Waals surface area contributed by atoms with E-state index in [1.54, 1.807) is 11.3 Å². The summed E-state index contributed by atoms with van der Waals surface area (Å²) in [4.78, 5) is 9.71. The maximum Gasteiger partial charge on any atom is 0.183 e. The van der Waals surface area contributed by atoms with Crippen molar-refractivity contribution in [3.8, 4) is 0 Å². The third-order valence-electron chi connectivity index (χ3n) is 2.17. The molecule has 4 heteroatoms. The van der Waals surface area contributed by atoms with Crippen LogP contribution >= 0.6 is 11.3 Å². The lowest BCUT2D eigenvalue weighted by atomic mass is 10.2. The van der Waals surface area contributed by atoms with E-state index in [0.29, 0.717) is 0 Å². The molecule has 0 amide bonds. The minimum absolute atomic E-state index is 0.784. The van der Waals surface area contributed by atoms with Crippen LogP contribution in [0.1, 0.15) is 16.1 Å². The Morgan fingerprint density at radius 2 is 2.20 bits per heavy atom. The fourth-order valence-electron chi connectivity index (χ4n) is 1.31. The number of hydrogen-bond acceptors (Lipinski definition) is 4. The first-order valence-corrected chi connectivity index (χ1v) is 5.64. The van der Waals surface area contributed by atoms with Crippen LogP contribution in [0.25, 0.3) is 0 Å². The first kappa shape index (κ1) is 10.1. The van der Waals surface area contributed by atoms with Crippen LogP contribution in [0.15, 0.2) is 24.5 Å². The number of thiazole rings is 1. The van der Waals surface area contributed by atoms with E-state index in [2.05, 4.69) is 28.3 Å². The number of aromatic nitrogens is 2. The van der Waals surface area contributed by atoms with Crippen LogP contribution < -0.4 is 5.32 Å². The number of nitrogens with zero attached hydrogens (tertiary/aromatic N) is 2. The molecule has 0 aliphatic carbocycles. The number of anilines is 1. The molecule has 0 aliphatic heterocycles. The lowest BCUT2D eigenvalue weighted by Crippen LogP contribution is -2.01. The largest absolute Gasteiger partial charge is 0.357 e. The monoisotopic (exact) mass is 219 g/mol. The second-order valence-corrected chi connectivity index (χ2v) is 4.61. The Morgan fingerprint density at radius 3 is 2.87 bits per heavy atom. The SMILES string of the molecule is Cc1cnc(NCc2cccnc2C)s1. The Kier molecular flexibility index (Phi) is 2.97. The summed E-state index contributed by atoms with van der Waals surface area (Å²) < 4.78 is 0. The van der Waals surface area contributed by atoms with Gasteiger partial charge in [0.15, 0.2) is 5.13 Å². The molecule has 3 nitrogen and oxygen atoms in total. The van der Waals surface area contributed by atoms with Crippen molar-refractivity contribution in [3.05, 3.63) is 40.7 Å². The van der Waals surface area contributed by atoms with E-state index in [-0.39, 0.29) is 0 Å². The molecule has 0 unspecified atom stereocenters. The number of hydrogen-bond donors (Lipinski definition) is 1. The van der Waals surface area contributed by atoms with E-state index in [1.165, 1.54) is 10.4 Å². The standard InChI is InChI=1S/C11H13N3S/c1-8-6-13-11(15-8)14-7-10-4-3-5-12-9(10)2/h3-6H,7H2,1-2H3,(H,13,14). The van der Waals surface area contributed by atoms with Crippen molar-refractivity contribution < 1.29 is 0 Å². The van der Waals surface area contributed by atoms with Crippen LogP contribution in [0.3, 0.4) is 0 Å². The fraction of sp³-hybridized carbons (Fsp3) is 0.273. The molecule has 2 rings (SSSR count). The first-order valence-electron chi connectivity index (χ1n) is 4.82. The summed E-state index contributed by atoms with van der Waals surface area (Å²) in [5, 5.41) is 4.26. The van der Waals surface area contributed by atoms with Crippen molar-refractivity contribution in [1.29, 1.82) is 0 Å². The van der Waals surface area contributed by atoms with Gasteiger partial charge in [0.05, 0.1) is 0 Å². The molecule has 1 N–H and O–H groups in total. The molecule has 0 spiro atoms. The molecule has 2 aromatic rings. The Labute approximate surface area is 93.2 Å². The van der Waals surface area contributed by atoms with Crippen molar-refractivity contribution >= 4 is 16.5 Å². The molecule has 0 bridgehead atoms. The number of rotatable bonds is 3. The zero-order valence-corrected chi connectivity index (χ0v) is 9.64. The summed E-state index contributed by atoms with van der Waals surface area (Å²) in [7, 11) is 0. The Hall–Kier alpha value is -1.42. The Bertz CT molecular complexity index is 451. The zero-order valence-electron chi connectivity index (χ0n) is 8.82. The first-order chi connectivity index (χ1) is 7.25. The topological polar surface area (TPSA) is 37.8 Å². The predicted molar refractivity (Wildman–Crippen MR) is 63.2 cm³/mol. The van der Waals surface area contributed by atoms with E-state index in [0.717, 1.165) is 17.4 Å². The molecule has 78 valence electrons. The number of nitrogens with one attached hydrogen (secondary N) is 1. The molecule has 0 radical (unpaired) electrons. The van der Waals surface area contributed by atoms with Crippen LogP contribution in [0, 0.1) is 13.8 Å². The summed E-state index contributed by atoms with van der Waals surface area (Å²) in [6, 6.07) is 4.03. The second-order valence-electron chi connectivity index (χ2n) is 3.38. The van der Waals surface area contributed by atoms with Crippen molar-refractivity contribution in [1.82, 2.24) is 9.97 Å². The average Bonchev–Trinajstić information content (AvgIpc) is 2.63. The highest BCUT2D eigenvalue weighted by molar-refractivity contribution is 7.15. The van der Waals surface area contributed by atoms with E-state index in [1.807, 2.05) is 25.4 Å². The van der Waals surface area contributed by atoms with Gasteiger partial charge in [0.1, 0.15) is 0 Å². The number of pyridine rings is 1. The Balaban J connectivity index is 2.02. The van der Waals surface area contributed by atoms with Crippen molar-refractivity contribution in [2.75, 3.05) is 5.32 Å².